The number of nitrogens with one attached hydrogen (secondary N) is 1. The Hall–Kier alpha value is -2.11. The van der Waals surface area contributed by atoms with Gasteiger partial charge in [0.25, 0.3) is 0 Å². The van der Waals surface area contributed by atoms with Crippen LogP contribution >= 0.6 is 0 Å². The lowest BCUT2D eigenvalue weighted by molar-refractivity contribution is -0.145. The van der Waals surface area contributed by atoms with Crippen LogP contribution in [-0.4, -0.2) is 39.9 Å². The van der Waals surface area contributed by atoms with Gasteiger partial charge in [0.15, 0.2) is 11.5 Å². The van der Waals surface area contributed by atoms with E-state index in [-0.39, 0.29) is 18.6 Å². The van der Waals surface area contributed by atoms with Gasteiger partial charge in [0.05, 0.1) is 27.4 Å². The number of benzene rings is 1. The van der Waals surface area contributed by atoms with E-state index in [4.69, 9.17) is 18.9 Å². The molecular formula is C14H21NO5. The Labute approximate surface area is 119 Å². The highest BCUT2D eigenvalue weighted by Gasteiger charge is 2.14. The van der Waals surface area contributed by atoms with Crippen molar-refractivity contribution in [2.24, 2.45) is 0 Å². The molecular weight excluding hydrogens is 262 g/mol. The van der Waals surface area contributed by atoms with Gasteiger partial charge in [-0.25, -0.2) is 0 Å². The quantitative estimate of drug-likeness (QED) is 0.773. The van der Waals surface area contributed by atoms with Crippen LogP contribution in [0, 0.1) is 0 Å². The predicted octanol–water partition coefficient (Wildman–Crippen LogP) is 2.08. The second kappa shape index (κ2) is 7.47. The summed E-state index contributed by atoms with van der Waals surface area (Å²) in [6, 6.07) is 3.45. The van der Waals surface area contributed by atoms with Crippen molar-refractivity contribution in [1.82, 2.24) is 0 Å². The van der Waals surface area contributed by atoms with Crippen molar-refractivity contribution in [2.75, 3.05) is 33.2 Å². The average Bonchev–Trinajstić information content (AvgIpc) is 2.42. The van der Waals surface area contributed by atoms with Crippen LogP contribution < -0.4 is 19.5 Å². The number of anilines is 1. The fourth-order valence-electron chi connectivity index (χ4n) is 1.66. The van der Waals surface area contributed by atoms with E-state index in [1.807, 2.05) is 0 Å². The van der Waals surface area contributed by atoms with Crippen LogP contribution in [0.5, 0.6) is 17.2 Å². The van der Waals surface area contributed by atoms with Gasteiger partial charge in [-0.15, -0.1) is 0 Å². The fourth-order valence-corrected chi connectivity index (χ4v) is 1.66. The monoisotopic (exact) mass is 283 g/mol. The molecule has 6 heteroatoms. The minimum atomic E-state index is -0.325. The Morgan fingerprint density at radius 2 is 1.65 bits per heavy atom. The van der Waals surface area contributed by atoms with Crippen molar-refractivity contribution in [3.8, 4) is 17.2 Å². The largest absolute Gasteiger partial charge is 0.493 e. The van der Waals surface area contributed by atoms with E-state index in [1.54, 1.807) is 26.0 Å². The number of carbonyl (C=O) groups excluding carboxylic acids is 1. The summed E-state index contributed by atoms with van der Waals surface area (Å²) in [6.45, 7) is 3.67. The molecule has 1 N–H and O–H groups in total. The van der Waals surface area contributed by atoms with E-state index in [9.17, 15) is 4.79 Å². The third kappa shape index (κ3) is 4.22. The smallest absolute Gasteiger partial charge is 0.325 e. The average molecular weight is 283 g/mol. The minimum absolute atomic E-state index is 0.0663. The standard InChI is InChI=1S/C14H21NO5/c1-9(2)20-13(16)8-15-10-6-11(17-3)14(19-5)12(7-10)18-4/h6-7,9,15H,8H2,1-5H3. The fraction of sp³-hybridized carbons (Fsp3) is 0.500. The molecule has 0 radical (unpaired) electrons. The first-order chi connectivity index (χ1) is 9.51. The van der Waals surface area contributed by atoms with Crippen LogP contribution in [0.3, 0.4) is 0 Å². The van der Waals surface area contributed by atoms with E-state index >= 15 is 0 Å². The van der Waals surface area contributed by atoms with E-state index in [1.165, 1.54) is 21.3 Å². The molecule has 1 aromatic rings. The first-order valence-electron chi connectivity index (χ1n) is 6.25. The second-order valence-corrected chi connectivity index (χ2v) is 4.31. The molecule has 0 aliphatic heterocycles. The van der Waals surface area contributed by atoms with Gasteiger partial charge in [0.1, 0.15) is 6.54 Å². The van der Waals surface area contributed by atoms with Crippen LogP contribution in [0.4, 0.5) is 5.69 Å². The highest BCUT2D eigenvalue weighted by atomic mass is 16.5. The van der Waals surface area contributed by atoms with Crippen LogP contribution in [0.25, 0.3) is 0 Å². The number of esters is 1. The molecule has 0 aliphatic rings. The molecule has 112 valence electrons. The molecule has 0 atom stereocenters. The molecule has 1 aromatic carbocycles. The summed E-state index contributed by atoms with van der Waals surface area (Å²) >= 11 is 0. The maximum absolute atomic E-state index is 11.5. The maximum atomic E-state index is 11.5. The molecule has 0 saturated carbocycles. The van der Waals surface area contributed by atoms with Gasteiger partial charge in [-0.05, 0) is 13.8 Å². The lowest BCUT2D eigenvalue weighted by atomic mass is 10.2. The summed E-state index contributed by atoms with van der Waals surface area (Å²) in [6.07, 6.45) is -0.135. The van der Waals surface area contributed by atoms with Gasteiger partial charge in [-0.2, -0.15) is 0 Å². The summed E-state index contributed by atoms with van der Waals surface area (Å²) in [5, 5.41) is 2.96. The molecule has 0 fully saturated rings. The zero-order valence-corrected chi connectivity index (χ0v) is 12.5. The number of hydrogen-bond donors (Lipinski definition) is 1. The second-order valence-electron chi connectivity index (χ2n) is 4.31. The first-order valence-corrected chi connectivity index (χ1v) is 6.25. The molecule has 20 heavy (non-hydrogen) atoms. The van der Waals surface area contributed by atoms with E-state index in [2.05, 4.69) is 5.32 Å². The molecule has 0 saturated heterocycles. The predicted molar refractivity (Wildman–Crippen MR) is 75.8 cm³/mol. The van der Waals surface area contributed by atoms with Crippen LogP contribution in [0.15, 0.2) is 12.1 Å². The SMILES string of the molecule is COc1cc(NCC(=O)OC(C)C)cc(OC)c1OC. The summed E-state index contributed by atoms with van der Waals surface area (Å²) in [5.41, 5.74) is 0.681. The first kappa shape index (κ1) is 15.9. The normalized spacial score (nSPS) is 10.1. The van der Waals surface area contributed by atoms with Crippen molar-refractivity contribution in [3.63, 3.8) is 0 Å². The number of methoxy groups -OCH3 is 3. The summed E-state index contributed by atoms with van der Waals surface area (Å²) in [4.78, 5) is 11.5. The molecule has 0 amide bonds. The van der Waals surface area contributed by atoms with Crippen LogP contribution in [0.1, 0.15) is 13.8 Å². The van der Waals surface area contributed by atoms with Crippen molar-refractivity contribution in [3.05, 3.63) is 12.1 Å². The summed E-state index contributed by atoms with van der Waals surface area (Å²) < 4.78 is 20.7. The molecule has 1 rings (SSSR count). The Bertz CT molecular complexity index is 434. The zero-order valence-electron chi connectivity index (χ0n) is 12.5. The maximum Gasteiger partial charge on any atom is 0.325 e. The van der Waals surface area contributed by atoms with Crippen molar-refractivity contribution in [2.45, 2.75) is 20.0 Å². The third-order valence-corrected chi connectivity index (χ3v) is 2.47. The van der Waals surface area contributed by atoms with Crippen LogP contribution in [0.2, 0.25) is 0 Å². The summed E-state index contributed by atoms with van der Waals surface area (Å²) in [7, 11) is 4.61. The van der Waals surface area contributed by atoms with Gasteiger partial charge in [0, 0.05) is 17.8 Å². The third-order valence-electron chi connectivity index (χ3n) is 2.47. The lowest BCUT2D eigenvalue weighted by Crippen LogP contribution is -2.20. The molecule has 0 unspecified atom stereocenters. The number of hydrogen-bond acceptors (Lipinski definition) is 6. The van der Waals surface area contributed by atoms with Crippen molar-refractivity contribution >= 4 is 11.7 Å². The summed E-state index contributed by atoms with van der Waals surface area (Å²) in [5.74, 6) is 1.22. The Balaban J connectivity index is 2.83. The van der Waals surface area contributed by atoms with Crippen molar-refractivity contribution < 1.29 is 23.7 Å². The highest BCUT2D eigenvalue weighted by molar-refractivity contribution is 5.76. The van der Waals surface area contributed by atoms with Crippen molar-refractivity contribution in [1.29, 1.82) is 0 Å². The molecule has 0 bridgehead atoms. The molecule has 0 spiro atoms. The Morgan fingerprint density at radius 3 is 2.05 bits per heavy atom. The van der Waals surface area contributed by atoms with Gasteiger partial charge >= 0.3 is 5.97 Å². The van der Waals surface area contributed by atoms with E-state index < -0.39 is 0 Å². The topological polar surface area (TPSA) is 66.0 Å². The minimum Gasteiger partial charge on any atom is -0.493 e. The van der Waals surface area contributed by atoms with Gasteiger partial charge in [-0.3, -0.25) is 4.79 Å². The number of ether oxygens (including phenoxy) is 4. The molecule has 6 nitrogen and oxygen atoms in total. The number of carbonyl (C=O) groups is 1. The Morgan fingerprint density at radius 1 is 1.10 bits per heavy atom. The van der Waals surface area contributed by atoms with Gasteiger partial charge < -0.3 is 24.3 Å². The highest BCUT2D eigenvalue weighted by Crippen LogP contribution is 2.39. The molecule has 0 heterocycles. The Kier molecular flexibility index (Phi) is 5.96. The number of rotatable bonds is 7. The van der Waals surface area contributed by atoms with Gasteiger partial charge in [0.2, 0.25) is 5.75 Å². The zero-order chi connectivity index (χ0) is 15.1. The molecule has 0 aromatic heterocycles. The van der Waals surface area contributed by atoms with Gasteiger partial charge in [-0.1, -0.05) is 0 Å². The van der Waals surface area contributed by atoms with Crippen LogP contribution in [-0.2, 0) is 9.53 Å². The van der Waals surface area contributed by atoms with E-state index in [0.29, 0.717) is 22.9 Å². The molecule has 0 aliphatic carbocycles. The lowest BCUT2D eigenvalue weighted by Gasteiger charge is -2.15. The van der Waals surface area contributed by atoms with E-state index in [0.717, 1.165) is 0 Å².